The third-order valence-corrected chi connectivity index (χ3v) is 4.32. The number of hydrogen-bond acceptors (Lipinski definition) is 4. The summed E-state index contributed by atoms with van der Waals surface area (Å²) in [5.41, 5.74) is 0.934. The fraction of sp³-hybridized carbons (Fsp3) is 0.667. The summed E-state index contributed by atoms with van der Waals surface area (Å²) in [6.07, 6.45) is 0.842. The zero-order valence-corrected chi connectivity index (χ0v) is 14.2. The van der Waals surface area contributed by atoms with Crippen LogP contribution < -0.4 is 10.1 Å². The molecule has 0 radical (unpaired) electrons. The number of likely N-dealkylation sites (tertiary alicyclic amines) is 1. The lowest BCUT2D eigenvalue weighted by Crippen LogP contribution is -2.47. The predicted octanol–water partition coefficient (Wildman–Crippen LogP) is 2.44. The van der Waals surface area contributed by atoms with Crippen molar-refractivity contribution in [2.75, 3.05) is 26.7 Å². The summed E-state index contributed by atoms with van der Waals surface area (Å²) in [4.78, 5) is 2.37. The molecule has 1 heterocycles. The van der Waals surface area contributed by atoms with E-state index in [-0.39, 0.29) is 6.10 Å². The van der Waals surface area contributed by atoms with Gasteiger partial charge in [-0.2, -0.15) is 0 Å². The van der Waals surface area contributed by atoms with Gasteiger partial charge in [-0.1, -0.05) is 19.1 Å². The number of aliphatic hydroxyl groups excluding tert-OH is 1. The molecule has 0 amide bonds. The zero-order chi connectivity index (χ0) is 16.1. The van der Waals surface area contributed by atoms with Crippen molar-refractivity contribution in [3.63, 3.8) is 0 Å². The molecule has 2 N–H and O–H groups in total. The number of benzene rings is 1. The lowest BCUT2D eigenvalue weighted by atomic mass is 9.94. The van der Waals surface area contributed by atoms with Crippen LogP contribution in [0.25, 0.3) is 0 Å². The van der Waals surface area contributed by atoms with Gasteiger partial charge in [-0.05, 0) is 57.5 Å². The molecule has 0 spiro atoms. The van der Waals surface area contributed by atoms with Crippen molar-refractivity contribution in [1.82, 2.24) is 10.2 Å². The largest absolute Gasteiger partial charge is 0.491 e. The van der Waals surface area contributed by atoms with Gasteiger partial charge < -0.3 is 20.1 Å². The highest BCUT2D eigenvalue weighted by molar-refractivity contribution is 5.28. The van der Waals surface area contributed by atoms with Crippen LogP contribution in [0.3, 0.4) is 0 Å². The quantitative estimate of drug-likeness (QED) is 0.847. The Morgan fingerprint density at radius 2 is 2.00 bits per heavy atom. The first-order valence-electron chi connectivity index (χ1n) is 8.32. The summed E-state index contributed by atoms with van der Waals surface area (Å²) in [7, 11) is 2.17. The Balaban J connectivity index is 1.83. The average molecular weight is 306 g/mol. The van der Waals surface area contributed by atoms with Crippen LogP contribution in [0.15, 0.2) is 24.3 Å². The first-order valence-corrected chi connectivity index (χ1v) is 8.32. The van der Waals surface area contributed by atoms with E-state index in [1.807, 2.05) is 38.1 Å². The van der Waals surface area contributed by atoms with E-state index < -0.39 is 6.10 Å². The van der Waals surface area contributed by atoms with Crippen LogP contribution in [-0.4, -0.2) is 48.8 Å². The van der Waals surface area contributed by atoms with Crippen LogP contribution in [0, 0.1) is 5.92 Å². The second kappa shape index (κ2) is 7.95. The maximum Gasteiger partial charge on any atom is 0.119 e. The van der Waals surface area contributed by atoms with Crippen LogP contribution in [0.2, 0.25) is 0 Å². The molecule has 1 aliphatic rings. The molecule has 1 aromatic rings. The van der Waals surface area contributed by atoms with E-state index in [2.05, 4.69) is 24.2 Å². The van der Waals surface area contributed by atoms with Gasteiger partial charge in [0.1, 0.15) is 5.75 Å². The fourth-order valence-electron chi connectivity index (χ4n) is 3.08. The van der Waals surface area contributed by atoms with Crippen molar-refractivity contribution in [3.8, 4) is 5.75 Å². The highest BCUT2D eigenvalue weighted by Gasteiger charge is 2.24. The highest BCUT2D eigenvalue weighted by Crippen LogP contribution is 2.20. The van der Waals surface area contributed by atoms with E-state index in [1.54, 1.807) is 0 Å². The summed E-state index contributed by atoms with van der Waals surface area (Å²) < 4.78 is 5.63. The molecule has 124 valence electrons. The Hall–Kier alpha value is -1.10. The molecule has 0 bridgehead atoms. The van der Waals surface area contributed by atoms with Crippen LogP contribution in [0.1, 0.15) is 38.9 Å². The first-order chi connectivity index (χ1) is 10.5. The monoisotopic (exact) mass is 306 g/mol. The fourth-order valence-corrected chi connectivity index (χ4v) is 3.08. The van der Waals surface area contributed by atoms with Crippen molar-refractivity contribution in [1.29, 1.82) is 0 Å². The number of piperidine rings is 1. The number of aliphatic hydroxyl groups is 1. The summed E-state index contributed by atoms with van der Waals surface area (Å²) >= 11 is 0. The molecule has 0 aromatic heterocycles. The standard InChI is InChI=1S/C18H30N2O2/c1-13(2)22-16-7-5-15(6-8-16)18(21)11-19-17-9-10-20(4)12-14(17)3/h5-8,13-14,17-19,21H,9-12H2,1-4H3. The van der Waals surface area contributed by atoms with Crippen molar-refractivity contribution < 1.29 is 9.84 Å². The van der Waals surface area contributed by atoms with E-state index in [0.717, 1.165) is 30.8 Å². The SMILES string of the molecule is CC(C)Oc1ccc(C(O)CNC2CCN(C)CC2C)cc1. The topological polar surface area (TPSA) is 44.7 Å². The molecule has 4 heteroatoms. The molecule has 22 heavy (non-hydrogen) atoms. The molecule has 3 atom stereocenters. The molecule has 1 aliphatic heterocycles. The van der Waals surface area contributed by atoms with E-state index in [4.69, 9.17) is 4.74 Å². The van der Waals surface area contributed by atoms with Gasteiger partial charge in [0.15, 0.2) is 0 Å². The Kier molecular flexibility index (Phi) is 6.24. The summed E-state index contributed by atoms with van der Waals surface area (Å²) in [6.45, 7) is 9.14. The Morgan fingerprint density at radius 3 is 2.59 bits per heavy atom. The van der Waals surface area contributed by atoms with Gasteiger partial charge in [0.05, 0.1) is 12.2 Å². The van der Waals surface area contributed by atoms with Crippen molar-refractivity contribution in [3.05, 3.63) is 29.8 Å². The minimum Gasteiger partial charge on any atom is -0.491 e. The second-order valence-corrected chi connectivity index (χ2v) is 6.79. The number of ether oxygens (including phenoxy) is 1. The highest BCUT2D eigenvalue weighted by atomic mass is 16.5. The third-order valence-electron chi connectivity index (χ3n) is 4.32. The van der Waals surface area contributed by atoms with Gasteiger partial charge >= 0.3 is 0 Å². The van der Waals surface area contributed by atoms with Crippen LogP contribution in [0.4, 0.5) is 0 Å². The minimum atomic E-state index is -0.472. The predicted molar refractivity (Wildman–Crippen MR) is 90.2 cm³/mol. The third kappa shape index (κ3) is 4.97. The van der Waals surface area contributed by atoms with Crippen LogP contribution in [-0.2, 0) is 0 Å². The minimum absolute atomic E-state index is 0.170. The van der Waals surface area contributed by atoms with Gasteiger partial charge in [-0.3, -0.25) is 0 Å². The molecule has 1 saturated heterocycles. The van der Waals surface area contributed by atoms with Crippen molar-refractivity contribution >= 4 is 0 Å². The van der Waals surface area contributed by atoms with Gasteiger partial charge in [-0.25, -0.2) is 0 Å². The second-order valence-electron chi connectivity index (χ2n) is 6.79. The van der Waals surface area contributed by atoms with E-state index in [9.17, 15) is 5.11 Å². The van der Waals surface area contributed by atoms with E-state index >= 15 is 0 Å². The Bertz CT molecular complexity index is 447. The molecule has 4 nitrogen and oxygen atoms in total. The maximum atomic E-state index is 10.3. The molecule has 1 aromatic carbocycles. The molecular weight excluding hydrogens is 276 g/mol. The molecule has 0 aliphatic carbocycles. The van der Waals surface area contributed by atoms with Gasteiger partial charge in [0, 0.05) is 19.1 Å². The molecular formula is C18H30N2O2. The maximum absolute atomic E-state index is 10.3. The number of nitrogens with zero attached hydrogens (tertiary/aromatic N) is 1. The summed E-state index contributed by atoms with van der Waals surface area (Å²) in [5.74, 6) is 1.47. The number of hydrogen-bond donors (Lipinski definition) is 2. The van der Waals surface area contributed by atoms with Crippen LogP contribution in [0.5, 0.6) is 5.75 Å². The van der Waals surface area contributed by atoms with Crippen molar-refractivity contribution in [2.24, 2.45) is 5.92 Å². The first kappa shape index (κ1) is 17.3. The van der Waals surface area contributed by atoms with E-state index in [0.29, 0.717) is 18.5 Å². The Morgan fingerprint density at radius 1 is 1.32 bits per heavy atom. The Labute approximate surface area is 134 Å². The zero-order valence-electron chi connectivity index (χ0n) is 14.2. The smallest absolute Gasteiger partial charge is 0.119 e. The van der Waals surface area contributed by atoms with Gasteiger partial charge in [-0.15, -0.1) is 0 Å². The summed E-state index contributed by atoms with van der Waals surface area (Å²) in [6, 6.07) is 8.24. The van der Waals surface area contributed by atoms with Gasteiger partial charge in [0.2, 0.25) is 0 Å². The normalized spacial score (nSPS) is 24.5. The molecule has 2 rings (SSSR count). The number of nitrogens with one attached hydrogen (secondary N) is 1. The van der Waals surface area contributed by atoms with Crippen LogP contribution >= 0.6 is 0 Å². The summed E-state index contributed by atoms with van der Waals surface area (Å²) in [5, 5.41) is 13.9. The van der Waals surface area contributed by atoms with E-state index in [1.165, 1.54) is 0 Å². The van der Waals surface area contributed by atoms with Gasteiger partial charge in [0.25, 0.3) is 0 Å². The van der Waals surface area contributed by atoms with Crippen molar-refractivity contribution in [2.45, 2.75) is 45.4 Å². The lowest BCUT2D eigenvalue weighted by molar-refractivity contribution is 0.137. The molecule has 3 unspecified atom stereocenters. The molecule has 1 fully saturated rings. The average Bonchev–Trinajstić information content (AvgIpc) is 2.46. The molecule has 0 saturated carbocycles. The lowest BCUT2D eigenvalue weighted by Gasteiger charge is -2.35. The number of rotatable bonds is 6.